The molecule has 1 amide bonds. The molecule has 110 valence electrons. The summed E-state index contributed by atoms with van der Waals surface area (Å²) in [4.78, 5) is 23.1. The molecule has 0 aliphatic rings. The fourth-order valence-electron chi connectivity index (χ4n) is 1.84. The highest BCUT2D eigenvalue weighted by Crippen LogP contribution is 2.12. The fraction of sp³-hybridized carbons (Fsp3) is 0.467. The van der Waals surface area contributed by atoms with E-state index in [2.05, 4.69) is 21.2 Å². The van der Waals surface area contributed by atoms with Crippen LogP contribution in [0.4, 0.5) is 0 Å². The monoisotopic (exact) mass is 341 g/mol. The van der Waals surface area contributed by atoms with Gasteiger partial charge in [-0.2, -0.15) is 0 Å². The molecule has 0 aliphatic heterocycles. The van der Waals surface area contributed by atoms with E-state index in [0.717, 1.165) is 10.0 Å². The summed E-state index contributed by atoms with van der Waals surface area (Å²) in [7, 11) is 0. The van der Waals surface area contributed by atoms with Crippen molar-refractivity contribution in [1.82, 2.24) is 5.32 Å². The first kappa shape index (κ1) is 16.9. The second-order valence-corrected chi connectivity index (χ2v) is 5.94. The van der Waals surface area contributed by atoms with Crippen molar-refractivity contribution in [3.8, 4) is 0 Å². The Balaban J connectivity index is 2.38. The van der Waals surface area contributed by atoms with Crippen molar-refractivity contribution in [2.45, 2.75) is 33.4 Å². The van der Waals surface area contributed by atoms with Gasteiger partial charge in [0.2, 0.25) is 5.91 Å². The molecule has 0 spiro atoms. The molecule has 0 aromatic heterocycles. The molecule has 0 radical (unpaired) electrons. The number of carbonyl (C=O) groups is 2. The number of benzene rings is 1. The molecule has 0 saturated carbocycles. The van der Waals surface area contributed by atoms with Crippen LogP contribution in [-0.2, 0) is 20.9 Å². The van der Waals surface area contributed by atoms with Crippen molar-refractivity contribution >= 4 is 27.6 Å². The first-order valence-corrected chi connectivity index (χ1v) is 7.31. The van der Waals surface area contributed by atoms with Gasteiger partial charge in [-0.25, -0.2) is 0 Å². The van der Waals surface area contributed by atoms with Gasteiger partial charge in [-0.1, -0.05) is 41.9 Å². The van der Waals surface area contributed by atoms with Crippen LogP contribution in [0.1, 0.15) is 26.3 Å². The third kappa shape index (κ3) is 5.84. The molecular formula is C15H20BrNO3. The smallest absolute Gasteiger partial charge is 0.246 e. The molecule has 20 heavy (non-hydrogen) atoms. The highest BCUT2D eigenvalue weighted by molar-refractivity contribution is 9.10. The first-order valence-electron chi connectivity index (χ1n) is 6.52. The fourth-order valence-corrected chi connectivity index (χ4v) is 2.29. The zero-order chi connectivity index (χ0) is 15.1. The molecular weight excluding hydrogens is 322 g/mol. The molecule has 0 fully saturated rings. The number of carbonyl (C=O) groups excluding carboxylic acids is 2. The maximum Gasteiger partial charge on any atom is 0.246 e. The van der Waals surface area contributed by atoms with Crippen molar-refractivity contribution < 1.29 is 14.3 Å². The Hall–Kier alpha value is -1.20. The molecule has 1 aromatic rings. The van der Waals surface area contributed by atoms with Gasteiger partial charge in [0.1, 0.15) is 6.61 Å². The number of ketones is 1. The van der Waals surface area contributed by atoms with E-state index in [-0.39, 0.29) is 24.2 Å². The van der Waals surface area contributed by atoms with Crippen LogP contribution in [0.2, 0.25) is 0 Å². The number of hydrogen-bond acceptors (Lipinski definition) is 3. The molecule has 1 aromatic carbocycles. The topological polar surface area (TPSA) is 55.4 Å². The summed E-state index contributed by atoms with van der Waals surface area (Å²) < 4.78 is 6.32. The molecule has 0 bridgehead atoms. The van der Waals surface area contributed by atoms with E-state index in [4.69, 9.17) is 4.74 Å². The summed E-state index contributed by atoms with van der Waals surface area (Å²) >= 11 is 3.38. The van der Waals surface area contributed by atoms with Crippen LogP contribution in [0.25, 0.3) is 0 Å². The number of amides is 1. The van der Waals surface area contributed by atoms with Gasteiger partial charge in [0.05, 0.1) is 12.6 Å². The number of rotatable bonds is 7. The Kier molecular flexibility index (Phi) is 6.88. The van der Waals surface area contributed by atoms with Crippen molar-refractivity contribution in [2.75, 3.05) is 6.61 Å². The number of Topliss-reactive ketones (excluding diaryl/α,β-unsaturated/α-hetero) is 1. The molecule has 1 rings (SSSR count). The van der Waals surface area contributed by atoms with Crippen LogP contribution in [0.3, 0.4) is 0 Å². The average Bonchev–Trinajstić information content (AvgIpc) is 2.35. The Morgan fingerprint density at radius 1 is 1.35 bits per heavy atom. The van der Waals surface area contributed by atoms with E-state index in [1.165, 1.54) is 6.92 Å². The quantitative estimate of drug-likeness (QED) is 0.829. The highest BCUT2D eigenvalue weighted by Gasteiger charge is 2.20. The van der Waals surface area contributed by atoms with Crippen molar-refractivity contribution in [2.24, 2.45) is 5.92 Å². The lowest BCUT2D eigenvalue weighted by atomic mass is 10.0. The van der Waals surface area contributed by atoms with Gasteiger partial charge in [0.15, 0.2) is 5.78 Å². The second kappa shape index (κ2) is 8.17. The van der Waals surface area contributed by atoms with E-state index >= 15 is 0 Å². The van der Waals surface area contributed by atoms with E-state index in [0.29, 0.717) is 6.61 Å². The first-order chi connectivity index (χ1) is 9.40. The Morgan fingerprint density at radius 2 is 2.05 bits per heavy atom. The number of nitrogens with one attached hydrogen (secondary N) is 1. The van der Waals surface area contributed by atoms with Crippen LogP contribution < -0.4 is 5.32 Å². The molecule has 4 nitrogen and oxygen atoms in total. The molecule has 0 saturated heterocycles. The van der Waals surface area contributed by atoms with E-state index in [1.807, 2.05) is 38.1 Å². The maximum absolute atomic E-state index is 11.7. The van der Waals surface area contributed by atoms with E-state index < -0.39 is 6.04 Å². The van der Waals surface area contributed by atoms with E-state index in [1.54, 1.807) is 0 Å². The number of ether oxygens (including phenoxy) is 1. The zero-order valence-electron chi connectivity index (χ0n) is 12.0. The summed E-state index contributed by atoms with van der Waals surface area (Å²) in [5.74, 6) is -0.240. The molecule has 1 N–H and O–H groups in total. The van der Waals surface area contributed by atoms with Crippen molar-refractivity contribution in [3.63, 3.8) is 0 Å². The van der Waals surface area contributed by atoms with Crippen molar-refractivity contribution in [1.29, 1.82) is 0 Å². The zero-order valence-corrected chi connectivity index (χ0v) is 13.6. The van der Waals surface area contributed by atoms with Crippen LogP contribution in [-0.4, -0.2) is 24.3 Å². The van der Waals surface area contributed by atoms with Crippen LogP contribution >= 0.6 is 15.9 Å². The third-order valence-electron chi connectivity index (χ3n) is 2.81. The van der Waals surface area contributed by atoms with Gasteiger partial charge in [-0.05, 0) is 30.5 Å². The normalized spacial score (nSPS) is 12.2. The minimum atomic E-state index is -0.447. The van der Waals surface area contributed by atoms with Crippen LogP contribution in [0.5, 0.6) is 0 Å². The lowest BCUT2D eigenvalue weighted by Gasteiger charge is -2.19. The summed E-state index contributed by atoms with van der Waals surface area (Å²) in [6.07, 6.45) is 0. The van der Waals surface area contributed by atoms with E-state index in [9.17, 15) is 9.59 Å². The largest absolute Gasteiger partial charge is 0.367 e. The number of hydrogen-bond donors (Lipinski definition) is 1. The predicted molar refractivity (Wildman–Crippen MR) is 81.2 cm³/mol. The van der Waals surface area contributed by atoms with Gasteiger partial charge in [-0.3, -0.25) is 9.59 Å². The lowest BCUT2D eigenvalue weighted by molar-refractivity contribution is -0.131. The Labute approximate surface area is 128 Å². The average molecular weight is 342 g/mol. The van der Waals surface area contributed by atoms with Gasteiger partial charge >= 0.3 is 0 Å². The Morgan fingerprint density at radius 3 is 2.60 bits per heavy atom. The standard InChI is InChI=1S/C15H20BrNO3/c1-10(2)15(11(3)18)17-14(19)9-20-8-12-5-4-6-13(16)7-12/h4-7,10,15H,8-9H2,1-3H3,(H,17,19). The molecule has 1 unspecified atom stereocenters. The maximum atomic E-state index is 11.7. The third-order valence-corrected chi connectivity index (χ3v) is 3.31. The molecule has 1 atom stereocenters. The molecule has 0 heterocycles. The minimum Gasteiger partial charge on any atom is -0.367 e. The SMILES string of the molecule is CC(=O)C(NC(=O)COCc1cccc(Br)c1)C(C)C. The van der Waals surface area contributed by atoms with Crippen LogP contribution in [0, 0.1) is 5.92 Å². The summed E-state index contributed by atoms with van der Waals surface area (Å²) in [6.45, 7) is 5.58. The van der Waals surface area contributed by atoms with Crippen molar-refractivity contribution in [3.05, 3.63) is 34.3 Å². The number of halogens is 1. The summed E-state index contributed by atoms with van der Waals surface area (Å²) in [6, 6.07) is 7.25. The van der Waals surface area contributed by atoms with Gasteiger partial charge < -0.3 is 10.1 Å². The van der Waals surface area contributed by atoms with Gasteiger partial charge in [0, 0.05) is 4.47 Å². The molecule has 0 aliphatic carbocycles. The Bertz CT molecular complexity index is 474. The highest BCUT2D eigenvalue weighted by atomic mass is 79.9. The minimum absolute atomic E-state index is 0.0414. The summed E-state index contributed by atoms with van der Waals surface area (Å²) in [5, 5.41) is 2.69. The van der Waals surface area contributed by atoms with Gasteiger partial charge in [-0.15, -0.1) is 0 Å². The second-order valence-electron chi connectivity index (χ2n) is 5.02. The van der Waals surface area contributed by atoms with Crippen LogP contribution in [0.15, 0.2) is 28.7 Å². The lowest BCUT2D eigenvalue weighted by Crippen LogP contribution is -2.44. The van der Waals surface area contributed by atoms with Gasteiger partial charge in [0.25, 0.3) is 0 Å². The summed E-state index contributed by atoms with van der Waals surface area (Å²) in [5.41, 5.74) is 0.985. The molecule has 5 heteroatoms. The predicted octanol–water partition coefficient (Wildman–Crippen LogP) is 2.70.